The molecule has 9 heavy (non-hydrogen) atoms. The van der Waals surface area contributed by atoms with Crippen LogP contribution in [0.1, 0.15) is 12.6 Å². The van der Waals surface area contributed by atoms with Crippen molar-refractivity contribution in [2.45, 2.75) is 13.3 Å². The van der Waals surface area contributed by atoms with Gasteiger partial charge in [0.15, 0.2) is 0 Å². The molecule has 0 spiro atoms. The van der Waals surface area contributed by atoms with Crippen LogP contribution in [0.2, 0.25) is 0 Å². The fourth-order valence-electron chi connectivity index (χ4n) is 0.521. The summed E-state index contributed by atoms with van der Waals surface area (Å²) in [4.78, 5) is 12.8. The topological polar surface area (TPSA) is 33.1 Å². The molecule has 0 aliphatic rings. The Kier molecular flexibility index (Phi) is 2.58. The minimum atomic E-state index is -0.139. The molecule has 0 amide bonds. The molecule has 1 aromatic rings. The second-order valence-electron chi connectivity index (χ2n) is 1.61. The van der Waals surface area contributed by atoms with Crippen LogP contribution in [0.5, 0.6) is 0 Å². The molecule has 1 N–H and O–H groups in total. The summed E-state index contributed by atoms with van der Waals surface area (Å²) in [6.45, 7) is 2.05. The molecule has 1 atom stereocenters. The summed E-state index contributed by atoms with van der Waals surface area (Å²) in [5, 5.41) is 1.98. The quantitative estimate of drug-likeness (QED) is 0.654. The van der Waals surface area contributed by atoms with Gasteiger partial charge in [-0.15, -0.1) is 11.3 Å². The Morgan fingerprint density at radius 1 is 1.89 bits per heavy atom. The second-order valence-corrected chi connectivity index (χ2v) is 3.53. The Morgan fingerprint density at radius 2 is 2.67 bits per heavy atom. The van der Waals surface area contributed by atoms with Crippen molar-refractivity contribution in [3.63, 3.8) is 0 Å². The summed E-state index contributed by atoms with van der Waals surface area (Å²) in [7, 11) is -0.139. The normalized spacial score (nSPS) is 11.3. The lowest BCUT2D eigenvalue weighted by Gasteiger charge is -1.82. The average Bonchev–Trinajstić information content (AvgIpc) is 2.34. The highest BCUT2D eigenvalue weighted by molar-refractivity contribution is 7.51. The van der Waals surface area contributed by atoms with Crippen LogP contribution in [-0.4, -0.2) is 9.88 Å². The number of thiazole rings is 1. The van der Waals surface area contributed by atoms with E-state index in [1.165, 1.54) is 11.3 Å². The number of rotatable bonds is 2. The first-order chi connectivity index (χ1) is 4.36. The minimum Gasteiger partial charge on any atom is -0.370 e. The van der Waals surface area contributed by atoms with E-state index < -0.39 is 0 Å². The molecule has 1 heterocycles. The SMILES string of the molecule is CCc1csc(PO)n1. The van der Waals surface area contributed by atoms with E-state index in [2.05, 4.69) is 11.9 Å². The summed E-state index contributed by atoms with van der Waals surface area (Å²) in [6, 6.07) is 0. The van der Waals surface area contributed by atoms with Crippen molar-refractivity contribution in [1.29, 1.82) is 0 Å². The Hall–Kier alpha value is 0.0200. The molecule has 0 bridgehead atoms. The predicted molar refractivity (Wildman–Crippen MR) is 41.7 cm³/mol. The zero-order valence-electron chi connectivity index (χ0n) is 5.09. The van der Waals surface area contributed by atoms with Gasteiger partial charge in [0.2, 0.25) is 0 Å². The molecule has 1 aromatic heterocycles. The number of aromatic nitrogens is 1. The van der Waals surface area contributed by atoms with Crippen LogP contribution in [-0.2, 0) is 6.42 Å². The Labute approximate surface area is 59.8 Å². The van der Waals surface area contributed by atoms with E-state index >= 15 is 0 Å². The van der Waals surface area contributed by atoms with Gasteiger partial charge in [-0.2, -0.15) is 0 Å². The Morgan fingerprint density at radius 3 is 3.00 bits per heavy atom. The lowest BCUT2D eigenvalue weighted by molar-refractivity contribution is 0.654. The van der Waals surface area contributed by atoms with E-state index in [-0.39, 0.29) is 8.81 Å². The largest absolute Gasteiger partial charge is 0.370 e. The fourth-order valence-corrected chi connectivity index (χ4v) is 1.74. The summed E-state index contributed by atoms with van der Waals surface area (Å²) in [6.07, 6.45) is 0.959. The highest BCUT2D eigenvalue weighted by Gasteiger charge is 1.96. The molecule has 0 fully saturated rings. The molecule has 0 saturated carbocycles. The molecule has 0 aromatic carbocycles. The summed E-state index contributed by atoms with van der Waals surface area (Å²) in [5.41, 5.74) is 1.08. The van der Waals surface area contributed by atoms with E-state index in [4.69, 9.17) is 4.89 Å². The molecule has 0 aliphatic carbocycles. The molecule has 0 radical (unpaired) electrons. The summed E-state index contributed by atoms with van der Waals surface area (Å²) in [5.74, 6) is 0. The van der Waals surface area contributed by atoms with Gasteiger partial charge in [-0.05, 0) is 6.42 Å². The van der Waals surface area contributed by atoms with Gasteiger partial charge in [-0.25, -0.2) is 4.98 Å². The first-order valence-electron chi connectivity index (χ1n) is 2.71. The third-order valence-corrected chi connectivity index (χ3v) is 2.64. The van der Waals surface area contributed by atoms with Gasteiger partial charge in [-0.3, -0.25) is 0 Å². The van der Waals surface area contributed by atoms with Crippen molar-refractivity contribution in [2.24, 2.45) is 0 Å². The number of hydrogen-bond acceptors (Lipinski definition) is 3. The van der Waals surface area contributed by atoms with Crippen molar-refractivity contribution in [3.05, 3.63) is 11.1 Å². The summed E-state index contributed by atoms with van der Waals surface area (Å²) < 4.78 is 0.840. The fraction of sp³-hybridized carbons (Fsp3) is 0.400. The number of aryl methyl sites for hydroxylation is 1. The molecule has 4 heteroatoms. The van der Waals surface area contributed by atoms with Gasteiger partial charge < -0.3 is 4.89 Å². The van der Waals surface area contributed by atoms with Gasteiger partial charge in [0.1, 0.15) is 4.75 Å². The number of hydrogen-bond donors (Lipinski definition) is 1. The van der Waals surface area contributed by atoms with Crippen molar-refractivity contribution in [3.8, 4) is 0 Å². The predicted octanol–water partition coefficient (Wildman–Crippen LogP) is 0.917. The van der Waals surface area contributed by atoms with Crippen LogP contribution < -0.4 is 4.75 Å². The van der Waals surface area contributed by atoms with Crippen molar-refractivity contribution in [2.75, 3.05) is 0 Å². The monoisotopic (exact) mass is 161 g/mol. The maximum Gasteiger partial charge on any atom is 0.139 e. The van der Waals surface area contributed by atoms with Crippen LogP contribution in [0.25, 0.3) is 0 Å². The molecule has 0 aliphatic heterocycles. The zero-order valence-corrected chi connectivity index (χ0v) is 6.90. The van der Waals surface area contributed by atoms with E-state index in [1.54, 1.807) is 0 Å². The molecule has 1 unspecified atom stereocenters. The second kappa shape index (κ2) is 3.25. The third-order valence-electron chi connectivity index (χ3n) is 1.01. The van der Waals surface area contributed by atoms with E-state index in [1.807, 2.05) is 5.38 Å². The van der Waals surface area contributed by atoms with Crippen LogP contribution in [0.15, 0.2) is 5.38 Å². The zero-order chi connectivity index (χ0) is 6.69. The van der Waals surface area contributed by atoms with E-state index in [0.717, 1.165) is 16.9 Å². The molecule has 1 rings (SSSR count). The molecule has 50 valence electrons. The van der Waals surface area contributed by atoms with Gasteiger partial charge in [0.05, 0.1) is 14.5 Å². The highest BCUT2D eigenvalue weighted by atomic mass is 32.1. The number of nitrogens with zero attached hydrogens (tertiary/aromatic N) is 1. The van der Waals surface area contributed by atoms with Crippen molar-refractivity contribution in [1.82, 2.24) is 4.98 Å². The first kappa shape index (κ1) is 7.13. The highest BCUT2D eigenvalue weighted by Crippen LogP contribution is 2.08. The standard InChI is InChI=1S/C5H8NOPS/c1-2-4-3-9-5(6-4)8-7/h3,7-8H,2H2,1H3. The molecular weight excluding hydrogens is 153 g/mol. The van der Waals surface area contributed by atoms with Crippen LogP contribution in [0, 0.1) is 0 Å². The van der Waals surface area contributed by atoms with Crippen LogP contribution >= 0.6 is 20.1 Å². The van der Waals surface area contributed by atoms with Gasteiger partial charge in [-0.1, -0.05) is 6.92 Å². The van der Waals surface area contributed by atoms with Gasteiger partial charge in [0, 0.05) is 5.38 Å². The molecule has 0 saturated heterocycles. The molecular formula is C5H8NOPS. The van der Waals surface area contributed by atoms with Crippen molar-refractivity contribution >= 4 is 24.9 Å². The average molecular weight is 161 g/mol. The Bertz CT molecular complexity index is 170. The van der Waals surface area contributed by atoms with Gasteiger partial charge >= 0.3 is 0 Å². The lowest BCUT2D eigenvalue weighted by atomic mass is 10.4. The van der Waals surface area contributed by atoms with Crippen LogP contribution in [0.3, 0.4) is 0 Å². The van der Waals surface area contributed by atoms with E-state index in [0.29, 0.717) is 0 Å². The van der Waals surface area contributed by atoms with Crippen LogP contribution in [0.4, 0.5) is 0 Å². The summed E-state index contributed by atoms with van der Waals surface area (Å²) >= 11 is 1.53. The Balaban J connectivity index is 2.74. The smallest absolute Gasteiger partial charge is 0.139 e. The lowest BCUT2D eigenvalue weighted by Crippen LogP contribution is -1.91. The van der Waals surface area contributed by atoms with Gasteiger partial charge in [0.25, 0.3) is 0 Å². The van der Waals surface area contributed by atoms with E-state index in [9.17, 15) is 0 Å². The molecule has 2 nitrogen and oxygen atoms in total. The maximum absolute atomic E-state index is 8.62. The maximum atomic E-state index is 8.62. The third kappa shape index (κ3) is 1.71. The minimum absolute atomic E-state index is 0.139. The van der Waals surface area contributed by atoms with Crippen molar-refractivity contribution < 1.29 is 4.89 Å². The first-order valence-corrected chi connectivity index (χ1v) is 4.54.